The lowest BCUT2D eigenvalue weighted by Crippen LogP contribution is -2.25. The van der Waals surface area contributed by atoms with Crippen molar-refractivity contribution in [3.05, 3.63) is 36.3 Å². The molecular formula is C16H23N5O2. The molecular weight excluding hydrogens is 294 g/mol. The van der Waals surface area contributed by atoms with E-state index in [2.05, 4.69) is 27.2 Å². The molecule has 4 N–H and O–H groups in total. The van der Waals surface area contributed by atoms with Gasteiger partial charge in [-0.15, -0.1) is 0 Å². The van der Waals surface area contributed by atoms with Crippen molar-refractivity contribution >= 4 is 11.8 Å². The Labute approximate surface area is 135 Å². The van der Waals surface area contributed by atoms with Gasteiger partial charge in [0.05, 0.1) is 24.5 Å². The number of nitrogens with two attached hydrogens (primary N) is 1. The number of pyridine rings is 1. The normalized spacial score (nSPS) is 11.9. The maximum absolute atomic E-state index is 9.49. The molecule has 23 heavy (non-hydrogen) atoms. The minimum atomic E-state index is -0.0959. The van der Waals surface area contributed by atoms with Crippen molar-refractivity contribution in [3.63, 3.8) is 0 Å². The summed E-state index contributed by atoms with van der Waals surface area (Å²) in [7, 11) is 0. The summed E-state index contributed by atoms with van der Waals surface area (Å²) < 4.78 is 5.74. The molecule has 0 spiro atoms. The van der Waals surface area contributed by atoms with Gasteiger partial charge in [0.1, 0.15) is 6.61 Å². The Hall–Kier alpha value is -2.41. The highest BCUT2D eigenvalue weighted by atomic mass is 16.5. The highest BCUT2D eigenvalue weighted by molar-refractivity contribution is 5.51. The van der Waals surface area contributed by atoms with E-state index in [9.17, 15) is 5.11 Å². The van der Waals surface area contributed by atoms with Crippen LogP contribution < -0.4 is 15.8 Å². The van der Waals surface area contributed by atoms with E-state index >= 15 is 0 Å². The third-order valence-corrected chi connectivity index (χ3v) is 3.34. The average Bonchev–Trinajstić information content (AvgIpc) is 2.58. The van der Waals surface area contributed by atoms with Crippen molar-refractivity contribution in [2.45, 2.75) is 38.8 Å². The molecule has 124 valence electrons. The van der Waals surface area contributed by atoms with Crippen LogP contribution in [0.1, 0.15) is 31.9 Å². The number of nitrogens with one attached hydrogen (secondary N) is 1. The van der Waals surface area contributed by atoms with Crippen molar-refractivity contribution in [2.24, 2.45) is 0 Å². The number of aliphatic hydroxyl groups excluding tert-OH is 1. The van der Waals surface area contributed by atoms with Crippen LogP contribution in [-0.4, -0.2) is 32.7 Å². The van der Waals surface area contributed by atoms with Gasteiger partial charge in [-0.25, -0.2) is 4.98 Å². The molecule has 0 aliphatic heterocycles. The van der Waals surface area contributed by atoms with Crippen LogP contribution in [0, 0.1) is 0 Å². The first kappa shape index (κ1) is 17.0. The first-order valence-electron chi connectivity index (χ1n) is 7.75. The summed E-state index contributed by atoms with van der Waals surface area (Å²) in [6, 6.07) is 5.53. The second-order valence-electron chi connectivity index (χ2n) is 5.22. The molecule has 0 bridgehead atoms. The van der Waals surface area contributed by atoms with E-state index in [1.807, 2.05) is 18.2 Å². The van der Waals surface area contributed by atoms with Gasteiger partial charge < -0.3 is 20.9 Å². The number of nitrogen functional groups attached to an aromatic ring is 1. The van der Waals surface area contributed by atoms with E-state index in [4.69, 9.17) is 10.5 Å². The van der Waals surface area contributed by atoms with Crippen LogP contribution in [0.4, 0.5) is 11.8 Å². The lowest BCUT2D eigenvalue weighted by molar-refractivity contribution is 0.265. The number of ether oxygens (including phenoxy) is 1. The number of unbranched alkanes of at least 4 members (excludes halogenated alkanes) is 1. The van der Waals surface area contributed by atoms with E-state index in [1.54, 1.807) is 6.20 Å². The van der Waals surface area contributed by atoms with Crippen LogP contribution in [0.5, 0.6) is 5.75 Å². The molecule has 2 aromatic heterocycles. The summed E-state index contributed by atoms with van der Waals surface area (Å²) >= 11 is 0. The number of aliphatic hydroxyl groups is 1. The molecule has 7 heteroatoms. The Bertz CT molecular complexity index is 594. The molecule has 0 saturated heterocycles. The van der Waals surface area contributed by atoms with E-state index < -0.39 is 0 Å². The quantitative estimate of drug-likeness (QED) is 0.649. The third-order valence-electron chi connectivity index (χ3n) is 3.34. The molecule has 2 aromatic rings. The SMILES string of the molecule is CCCC[C@@H](CO)Nc1nc(N)ncc1OCc1ccccn1. The largest absolute Gasteiger partial charge is 0.482 e. The lowest BCUT2D eigenvalue weighted by atomic mass is 10.1. The van der Waals surface area contributed by atoms with E-state index in [1.165, 1.54) is 6.20 Å². The minimum Gasteiger partial charge on any atom is -0.482 e. The molecule has 0 aromatic carbocycles. The smallest absolute Gasteiger partial charge is 0.222 e. The fraction of sp³-hybridized carbons (Fsp3) is 0.438. The summed E-state index contributed by atoms with van der Waals surface area (Å²) in [5.41, 5.74) is 6.46. The molecule has 0 radical (unpaired) electrons. The number of hydrogen-bond donors (Lipinski definition) is 3. The fourth-order valence-electron chi connectivity index (χ4n) is 2.08. The molecule has 0 unspecified atom stereocenters. The maximum Gasteiger partial charge on any atom is 0.222 e. The van der Waals surface area contributed by atoms with Gasteiger partial charge in [-0.3, -0.25) is 4.98 Å². The third kappa shape index (κ3) is 5.37. The Morgan fingerprint density at radius 1 is 1.35 bits per heavy atom. The molecule has 0 fully saturated rings. The second kappa shape index (κ2) is 8.89. The Balaban J connectivity index is 2.07. The van der Waals surface area contributed by atoms with Crippen LogP contribution in [0.25, 0.3) is 0 Å². The van der Waals surface area contributed by atoms with Crippen molar-refractivity contribution in [1.29, 1.82) is 0 Å². The van der Waals surface area contributed by atoms with Crippen molar-refractivity contribution in [1.82, 2.24) is 15.0 Å². The van der Waals surface area contributed by atoms with Crippen LogP contribution >= 0.6 is 0 Å². The Kier molecular flexibility index (Phi) is 6.56. The monoisotopic (exact) mass is 317 g/mol. The molecule has 0 aliphatic rings. The fourth-order valence-corrected chi connectivity index (χ4v) is 2.08. The van der Waals surface area contributed by atoms with Crippen molar-refractivity contribution < 1.29 is 9.84 Å². The number of rotatable bonds is 9. The number of aromatic nitrogens is 3. The van der Waals surface area contributed by atoms with Gasteiger partial charge in [0.25, 0.3) is 0 Å². The van der Waals surface area contributed by atoms with Crippen molar-refractivity contribution in [3.8, 4) is 5.75 Å². The molecule has 2 rings (SSSR count). The summed E-state index contributed by atoms with van der Waals surface area (Å²) in [6.07, 6.45) is 6.17. The van der Waals surface area contributed by atoms with Crippen LogP contribution in [0.15, 0.2) is 30.6 Å². The van der Waals surface area contributed by atoms with Gasteiger partial charge in [-0.05, 0) is 18.6 Å². The van der Waals surface area contributed by atoms with E-state index in [0.717, 1.165) is 25.0 Å². The average molecular weight is 317 g/mol. The van der Waals surface area contributed by atoms with Crippen LogP contribution in [0.3, 0.4) is 0 Å². The highest BCUT2D eigenvalue weighted by Gasteiger charge is 2.13. The number of anilines is 2. The van der Waals surface area contributed by atoms with Gasteiger partial charge >= 0.3 is 0 Å². The zero-order valence-electron chi connectivity index (χ0n) is 13.3. The first-order chi connectivity index (χ1) is 11.2. The topological polar surface area (TPSA) is 106 Å². The van der Waals surface area contributed by atoms with Crippen molar-refractivity contribution in [2.75, 3.05) is 17.7 Å². The minimum absolute atomic E-state index is 0.0174. The summed E-state index contributed by atoms with van der Waals surface area (Å²) in [5.74, 6) is 1.13. The summed E-state index contributed by atoms with van der Waals surface area (Å²) in [4.78, 5) is 12.4. The summed E-state index contributed by atoms with van der Waals surface area (Å²) in [5, 5.41) is 12.7. The predicted molar refractivity (Wildman–Crippen MR) is 89.0 cm³/mol. The molecule has 0 amide bonds. The number of nitrogens with zero attached hydrogens (tertiary/aromatic N) is 3. The Morgan fingerprint density at radius 2 is 2.22 bits per heavy atom. The van der Waals surface area contributed by atoms with Crippen LogP contribution in [0.2, 0.25) is 0 Å². The van der Waals surface area contributed by atoms with Gasteiger partial charge in [-0.1, -0.05) is 25.8 Å². The Morgan fingerprint density at radius 3 is 2.91 bits per heavy atom. The van der Waals surface area contributed by atoms with Gasteiger partial charge in [-0.2, -0.15) is 4.98 Å². The summed E-state index contributed by atoms with van der Waals surface area (Å²) in [6.45, 7) is 2.43. The molecule has 0 aliphatic carbocycles. The van der Waals surface area contributed by atoms with Gasteiger partial charge in [0, 0.05) is 6.20 Å². The lowest BCUT2D eigenvalue weighted by Gasteiger charge is -2.18. The molecule has 1 atom stereocenters. The van der Waals surface area contributed by atoms with Gasteiger partial charge in [0.2, 0.25) is 5.95 Å². The standard InChI is InChI=1S/C16H23N5O2/c1-2-3-6-12(10-22)20-15-14(9-19-16(17)21-15)23-11-13-7-4-5-8-18-13/h4-5,7-9,12,22H,2-3,6,10-11H2,1H3,(H3,17,19,20,21)/t12-/m0/s1. The zero-order valence-corrected chi connectivity index (χ0v) is 13.3. The van der Waals surface area contributed by atoms with Gasteiger partial charge in [0.15, 0.2) is 11.6 Å². The molecule has 2 heterocycles. The predicted octanol–water partition coefficient (Wildman–Crippen LogP) is 2.00. The molecule has 0 saturated carbocycles. The second-order valence-corrected chi connectivity index (χ2v) is 5.22. The number of hydrogen-bond acceptors (Lipinski definition) is 7. The first-order valence-corrected chi connectivity index (χ1v) is 7.75. The molecule has 7 nitrogen and oxygen atoms in total. The zero-order chi connectivity index (χ0) is 16.5. The van der Waals surface area contributed by atoms with Crippen LogP contribution in [-0.2, 0) is 6.61 Å². The maximum atomic E-state index is 9.49. The van der Waals surface area contributed by atoms with E-state index in [-0.39, 0.29) is 18.6 Å². The highest BCUT2D eigenvalue weighted by Crippen LogP contribution is 2.24. The van der Waals surface area contributed by atoms with E-state index in [0.29, 0.717) is 18.2 Å².